The van der Waals surface area contributed by atoms with Gasteiger partial charge in [0, 0.05) is 38.1 Å². The van der Waals surface area contributed by atoms with Crippen molar-refractivity contribution in [1.82, 2.24) is 19.6 Å². The average Bonchev–Trinajstić information content (AvgIpc) is 2.66. The zero-order valence-electron chi connectivity index (χ0n) is 15.1. The number of aromatic nitrogens is 2. The second-order valence-electron chi connectivity index (χ2n) is 7.06. The first-order chi connectivity index (χ1) is 12.7. The minimum atomic E-state index is -0.00899. The summed E-state index contributed by atoms with van der Waals surface area (Å²) < 4.78 is 1.58. The van der Waals surface area contributed by atoms with Crippen molar-refractivity contribution in [3.63, 3.8) is 0 Å². The van der Waals surface area contributed by atoms with Crippen molar-refractivity contribution in [2.24, 2.45) is 0 Å². The van der Waals surface area contributed by atoms with Gasteiger partial charge in [0.05, 0.1) is 18.3 Å². The van der Waals surface area contributed by atoms with E-state index in [1.807, 2.05) is 24.3 Å². The van der Waals surface area contributed by atoms with Crippen LogP contribution in [0.3, 0.4) is 0 Å². The molecule has 0 aliphatic carbocycles. The van der Waals surface area contributed by atoms with Gasteiger partial charge in [-0.25, -0.2) is 4.68 Å². The molecule has 2 aromatic carbocycles. The molecule has 0 radical (unpaired) electrons. The molecule has 0 unspecified atom stereocenters. The van der Waals surface area contributed by atoms with E-state index in [2.05, 4.69) is 46.1 Å². The van der Waals surface area contributed by atoms with Crippen molar-refractivity contribution in [3.8, 4) is 0 Å². The summed E-state index contributed by atoms with van der Waals surface area (Å²) in [5.74, 6) is 0. The normalized spacial score (nSPS) is 16.2. The second kappa shape index (κ2) is 7.40. The van der Waals surface area contributed by atoms with E-state index in [0.29, 0.717) is 6.67 Å². The van der Waals surface area contributed by atoms with Gasteiger partial charge in [0.1, 0.15) is 0 Å². The average molecular weight is 348 g/mol. The van der Waals surface area contributed by atoms with Crippen LogP contribution >= 0.6 is 0 Å². The lowest BCUT2D eigenvalue weighted by atomic mass is 10.1. The van der Waals surface area contributed by atoms with Gasteiger partial charge in [0.25, 0.3) is 5.56 Å². The van der Waals surface area contributed by atoms with Crippen LogP contribution in [-0.2, 0) is 13.2 Å². The summed E-state index contributed by atoms with van der Waals surface area (Å²) in [5.41, 5.74) is 2.67. The van der Waals surface area contributed by atoms with Crippen molar-refractivity contribution >= 4 is 10.8 Å². The number of fused-ring (bicyclic) bond motifs is 1. The number of nitrogens with zero attached hydrogens (tertiary/aromatic N) is 4. The Morgan fingerprint density at radius 1 is 0.962 bits per heavy atom. The number of benzene rings is 2. The molecule has 1 aliphatic heterocycles. The first-order valence-electron chi connectivity index (χ1n) is 9.14. The van der Waals surface area contributed by atoms with Gasteiger partial charge in [-0.1, -0.05) is 48.0 Å². The Kier molecular flexibility index (Phi) is 4.82. The molecule has 134 valence electrons. The van der Waals surface area contributed by atoms with E-state index >= 15 is 0 Å². The van der Waals surface area contributed by atoms with E-state index in [4.69, 9.17) is 0 Å². The molecule has 2 heterocycles. The molecule has 3 aromatic rings. The molecule has 0 atom stereocenters. The molecule has 5 nitrogen and oxygen atoms in total. The number of rotatable bonds is 4. The largest absolute Gasteiger partial charge is 0.297 e. The van der Waals surface area contributed by atoms with Crippen LogP contribution in [0.25, 0.3) is 10.8 Å². The van der Waals surface area contributed by atoms with Crippen LogP contribution in [0.15, 0.2) is 59.5 Å². The summed E-state index contributed by atoms with van der Waals surface area (Å²) in [7, 11) is 0. The quantitative estimate of drug-likeness (QED) is 0.726. The molecule has 26 heavy (non-hydrogen) atoms. The Hall–Kier alpha value is -2.50. The SMILES string of the molecule is Cc1cccc(CN2CCN(Cn3ncc4ccccc4c3=O)CC2)c1. The molecule has 1 fully saturated rings. The topological polar surface area (TPSA) is 41.4 Å². The van der Waals surface area contributed by atoms with Gasteiger partial charge in [0.15, 0.2) is 0 Å². The van der Waals surface area contributed by atoms with Gasteiger partial charge >= 0.3 is 0 Å². The third-order valence-electron chi connectivity index (χ3n) is 5.05. The van der Waals surface area contributed by atoms with Gasteiger partial charge in [-0.3, -0.25) is 14.6 Å². The molecular formula is C21H24N4O. The zero-order valence-corrected chi connectivity index (χ0v) is 15.1. The Bertz CT molecular complexity index is 957. The summed E-state index contributed by atoms with van der Waals surface area (Å²) >= 11 is 0. The fourth-order valence-electron chi connectivity index (χ4n) is 3.58. The van der Waals surface area contributed by atoms with E-state index in [0.717, 1.165) is 43.5 Å². The monoisotopic (exact) mass is 348 g/mol. The van der Waals surface area contributed by atoms with Crippen LogP contribution in [0, 0.1) is 6.92 Å². The van der Waals surface area contributed by atoms with Crippen LogP contribution < -0.4 is 5.56 Å². The van der Waals surface area contributed by atoms with Gasteiger partial charge in [-0.05, 0) is 18.6 Å². The third kappa shape index (κ3) is 3.69. The van der Waals surface area contributed by atoms with Crippen LogP contribution in [0.2, 0.25) is 0 Å². The first-order valence-corrected chi connectivity index (χ1v) is 9.14. The van der Waals surface area contributed by atoms with Crippen LogP contribution in [0.4, 0.5) is 0 Å². The van der Waals surface area contributed by atoms with Gasteiger partial charge in [0.2, 0.25) is 0 Å². The maximum atomic E-state index is 12.6. The van der Waals surface area contributed by atoms with Crippen molar-refractivity contribution in [3.05, 3.63) is 76.2 Å². The highest BCUT2D eigenvalue weighted by atomic mass is 16.1. The van der Waals surface area contributed by atoms with Crippen LogP contribution in [0.1, 0.15) is 11.1 Å². The highest BCUT2D eigenvalue weighted by molar-refractivity contribution is 5.80. The zero-order chi connectivity index (χ0) is 17.9. The molecule has 0 bridgehead atoms. The first kappa shape index (κ1) is 16.9. The molecule has 0 saturated carbocycles. The third-order valence-corrected chi connectivity index (χ3v) is 5.05. The summed E-state index contributed by atoms with van der Waals surface area (Å²) in [6, 6.07) is 16.3. The highest BCUT2D eigenvalue weighted by Gasteiger charge is 2.18. The molecule has 0 N–H and O–H groups in total. The van der Waals surface area contributed by atoms with Crippen molar-refractivity contribution in [2.45, 2.75) is 20.1 Å². The lowest BCUT2D eigenvalue weighted by Gasteiger charge is -2.34. The minimum absolute atomic E-state index is 0.00899. The number of aryl methyl sites for hydroxylation is 1. The van der Waals surface area contributed by atoms with E-state index < -0.39 is 0 Å². The van der Waals surface area contributed by atoms with E-state index in [9.17, 15) is 4.79 Å². The molecule has 0 spiro atoms. The van der Waals surface area contributed by atoms with Crippen LogP contribution in [0.5, 0.6) is 0 Å². The van der Waals surface area contributed by atoms with E-state index in [-0.39, 0.29) is 5.56 Å². The van der Waals surface area contributed by atoms with Crippen molar-refractivity contribution in [1.29, 1.82) is 0 Å². The van der Waals surface area contributed by atoms with Crippen molar-refractivity contribution < 1.29 is 0 Å². The summed E-state index contributed by atoms with van der Waals surface area (Å²) in [6.45, 7) is 7.60. The van der Waals surface area contributed by atoms with Gasteiger partial charge < -0.3 is 0 Å². The fourth-order valence-corrected chi connectivity index (χ4v) is 3.58. The molecular weight excluding hydrogens is 324 g/mol. The van der Waals surface area contributed by atoms with Crippen LogP contribution in [-0.4, -0.2) is 45.8 Å². The Labute approximate surface area is 153 Å². The number of hydrogen-bond donors (Lipinski definition) is 0. The molecule has 0 amide bonds. The maximum absolute atomic E-state index is 12.6. The molecule has 4 rings (SSSR count). The standard InChI is InChI=1S/C21H24N4O/c1-17-5-4-6-18(13-17)15-23-9-11-24(12-10-23)16-25-21(26)20-8-3-2-7-19(20)14-22-25/h2-8,13-14H,9-12,15-16H2,1H3. The molecule has 1 aromatic heterocycles. The number of hydrogen-bond acceptors (Lipinski definition) is 4. The summed E-state index contributed by atoms with van der Waals surface area (Å²) in [6.07, 6.45) is 1.78. The second-order valence-corrected chi connectivity index (χ2v) is 7.06. The molecule has 5 heteroatoms. The predicted octanol–water partition coefficient (Wildman–Crippen LogP) is 2.48. The lowest BCUT2D eigenvalue weighted by Crippen LogP contribution is -2.47. The van der Waals surface area contributed by atoms with Crippen molar-refractivity contribution in [2.75, 3.05) is 26.2 Å². The predicted molar refractivity (Wildman–Crippen MR) is 104 cm³/mol. The fraction of sp³-hybridized carbons (Fsp3) is 0.333. The van der Waals surface area contributed by atoms with E-state index in [1.165, 1.54) is 11.1 Å². The highest BCUT2D eigenvalue weighted by Crippen LogP contribution is 2.11. The summed E-state index contributed by atoms with van der Waals surface area (Å²) in [4.78, 5) is 17.4. The Morgan fingerprint density at radius 3 is 2.54 bits per heavy atom. The van der Waals surface area contributed by atoms with Gasteiger partial charge in [-0.2, -0.15) is 5.10 Å². The molecule has 1 aliphatic rings. The molecule has 1 saturated heterocycles. The minimum Gasteiger partial charge on any atom is -0.297 e. The lowest BCUT2D eigenvalue weighted by molar-refractivity contribution is 0.0972. The smallest absolute Gasteiger partial charge is 0.275 e. The van der Waals surface area contributed by atoms with Gasteiger partial charge in [-0.15, -0.1) is 0 Å². The Morgan fingerprint density at radius 2 is 1.73 bits per heavy atom. The summed E-state index contributed by atoms with van der Waals surface area (Å²) in [5, 5.41) is 5.98. The Balaban J connectivity index is 1.38. The van der Waals surface area contributed by atoms with E-state index in [1.54, 1.807) is 10.9 Å². The maximum Gasteiger partial charge on any atom is 0.275 e. The number of piperazine rings is 1.